The lowest BCUT2D eigenvalue weighted by Crippen LogP contribution is -2.38. The number of phenolic OH excluding ortho intramolecular Hbond substituents is 1. The number of allylic oxidation sites excluding steroid dienone is 4. The van der Waals surface area contributed by atoms with Gasteiger partial charge >= 0.3 is 0 Å². The van der Waals surface area contributed by atoms with Crippen LogP contribution in [-0.4, -0.2) is 52.2 Å². The highest BCUT2D eigenvalue weighted by molar-refractivity contribution is 5.98. The first-order chi connectivity index (χ1) is 18.4. The van der Waals surface area contributed by atoms with Crippen molar-refractivity contribution in [2.45, 2.75) is 50.8 Å². The van der Waals surface area contributed by atoms with E-state index in [2.05, 4.69) is 18.7 Å². The Morgan fingerprint density at radius 3 is 2.66 bits per heavy atom. The molecule has 38 heavy (non-hydrogen) atoms. The second-order valence-corrected chi connectivity index (χ2v) is 10.7. The Morgan fingerprint density at radius 2 is 1.97 bits per heavy atom. The number of aliphatic hydroxyl groups excluding tert-OH is 1. The van der Waals surface area contributed by atoms with Gasteiger partial charge in [-0.2, -0.15) is 5.26 Å². The van der Waals surface area contributed by atoms with Crippen molar-refractivity contribution >= 4 is 5.84 Å². The fourth-order valence-corrected chi connectivity index (χ4v) is 5.90. The predicted octanol–water partition coefficient (Wildman–Crippen LogP) is 4.39. The van der Waals surface area contributed by atoms with Gasteiger partial charge in [0.1, 0.15) is 24.1 Å². The average Bonchev–Trinajstić information content (AvgIpc) is 3.47. The van der Waals surface area contributed by atoms with Crippen molar-refractivity contribution in [3.63, 3.8) is 0 Å². The van der Waals surface area contributed by atoms with Crippen molar-refractivity contribution in [3.8, 4) is 11.8 Å². The Balaban J connectivity index is 1.24. The molecule has 4 aliphatic rings. The van der Waals surface area contributed by atoms with Crippen molar-refractivity contribution in [2.24, 2.45) is 22.6 Å². The zero-order valence-corrected chi connectivity index (χ0v) is 21.8. The summed E-state index contributed by atoms with van der Waals surface area (Å²) in [7, 11) is 0. The summed E-state index contributed by atoms with van der Waals surface area (Å²) in [5, 5.41) is 32.9. The number of benzene rings is 1. The number of hydroxylamine groups is 2. The third kappa shape index (κ3) is 5.70. The van der Waals surface area contributed by atoms with Crippen LogP contribution in [0, 0.1) is 23.2 Å². The van der Waals surface area contributed by atoms with Crippen LogP contribution in [0.25, 0.3) is 0 Å². The summed E-state index contributed by atoms with van der Waals surface area (Å²) >= 11 is 0. The molecule has 5 rings (SSSR count). The van der Waals surface area contributed by atoms with Gasteiger partial charge in [-0.1, -0.05) is 24.8 Å². The molecule has 3 aliphatic heterocycles. The van der Waals surface area contributed by atoms with E-state index in [1.54, 1.807) is 12.3 Å². The number of hydrogen-bond acceptors (Lipinski definition) is 8. The zero-order chi connectivity index (χ0) is 26.6. The van der Waals surface area contributed by atoms with Gasteiger partial charge in [-0.25, -0.2) is 0 Å². The monoisotopic (exact) mass is 515 g/mol. The number of aromatic hydroxyl groups is 1. The summed E-state index contributed by atoms with van der Waals surface area (Å²) < 4.78 is 0. The number of phenols is 1. The summed E-state index contributed by atoms with van der Waals surface area (Å²) in [6.45, 7) is 7.56. The van der Waals surface area contributed by atoms with Crippen molar-refractivity contribution in [2.75, 3.05) is 26.2 Å². The number of piperidine rings is 1. The van der Waals surface area contributed by atoms with Gasteiger partial charge in [-0.15, -0.1) is 5.06 Å². The number of hydrogen-bond donors (Lipinski definition) is 3. The van der Waals surface area contributed by atoms with Gasteiger partial charge in [0.15, 0.2) is 0 Å². The lowest BCUT2D eigenvalue weighted by atomic mass is 9.80. The van der Waals surface area contributed by atoms with Gasteiger partial charge < -0.3 is 20.8 Å². The van der Waals surface area contributed by atoms with Crippen LogP contribution in [0.4, 0.5) is 0 Å². The molecule has 3 heterocycles. The number of rotatable bonds is 6. The smallest absolute Gasteiger partial charge is 0.137 e. The molecule has 3 atom stereocenters. The van der Waals surface area contributed by atoms with E-state index in [1.165, 1.54) is 0 Å². The van der Waals surface area contributed by atoms with E-state index in [4.69, 9.17) is 20.8 Å². The van der Waals surface area contributed by atoms with Crippen LogP contribution >= 0.6 is 0 Å². The topological polar surface area (TPSA) is 118 Å². The second-order valence-electron chi connectivity index (χ2n) is 10.7. The Labute approximate surface area is 224 Å². The summed E-state index contributed by atoms with van der Waals surface area (Å²) in [4.78, 5) is 12.5. The summed E-state index contributed by atoms with van der Waals surface area (Å²) in [5.74, 6) is 1.44. The number of nitriles is 1. The minimum absolute atomic E-state index is 0.0609. The van der Waals surface area contributed by atoms with Gasteiger partial charge in [0.25, 0.3) is 0 Å². The number of likely N-dealkylation sites (tertiary alicyclic amines) is 1. The van der Waals surface area contributed by atoms with Crippen LogP contribution in [-0.2, 0) is 4.84 Å². The molecule has 200 valence electrons. The maximum Gasteiger partial charge on any atom is 0.137 e. The molecule has 0 aromatic heterocycles. The lowest BCUT2D eigenvalue weighted by molar-refractivity contribution is -0.0828. The fraction of sp³-hybridized carbons (Fsp3) is 0.467. The summed E-state index contributed by atoms with van der Waals surface area (Å²) in [6, 6.07) is 7.12. The molecule has 0 saturated carbocycles. The number of nitrogens with zero attached hydrogens (tertiary/aromatic N) is 4. The molecule has 8 heteroatoms. The predicted molar refractivity (Wildman–Crippen MR) is 146 cm³/mol. The van der Waals surface area contributed by atoms with Gasteiger partial charge in [0, 0.05) is 49.3 Å². The minimum Gasteiger partial charge on any atom is -0.508 e. The van der Waals surface area contributed by atoms with Crippen LogP contribution in [0.1, 0.15) is 61.9 Å². The van der Waals surface area contributed by atoms with Gasteiger partial charge in [-0.3, -0.25) is 9.89 Å². The number of aliphatic hydroxyl groups is 1. The summed E-state index contributed by atoms with van der Waals surface area (Å²) in [6.07, 6.45) is 12.5. The van der Waals surface area contributed by atoms with Crippen molar-refractivity contribution < 1.29 is 15.1 Å². The van der Waals surface area contributed by atoms with Crippen LogP contribution in [0.3, 0.4) is 0 Å². The number of aliphatic imine (C=N–C) groups is 1. The first kappa shape index (κ1) is 26.2. The van der Waals surface area contributed by atoms with Crippen LogP contribution in [0.15, 0.2) is 71.0 Å². The highest BCUT2D eigenvalue weighted by Gasteiger charge is 2.31. The molecule has 0 spiro atoms. The van der Waals surface area contributed by atoms with Crippen LogP contribution in [0.2, 0.25) is 0 Å². The molecule has 1 aromatic rings. The SMILES string of the molecule is C=C1C/C(=C/ON2CCCC2)C(N)=NC1c1ccc(O)c(C(O)N2CCC(C3C=CC(C#N)=CC3)CC2)c1. The quantitative estimate of drug-likeness (QED) is 0.380. The molecule has 1 aromatic carbocycles. The van der Waals surface area contributed by atoms with E-state index < -0.39 is 6.23 Å². The van der Waals surface area contributed by atoms with Crippen molar-refractivity contribution in [1.82, 2.24) is 9.96 Å². The second kappa shape index (κ2) is 11.6. The zero-order valence-electron chi connectivity index (χ0n) is 21.8. The standard InChI is InChI=1S/C30H37N5O3/c1-20-16-25(19-38-35-12-2-3-13-35)29(32)33-28(20)24-8-9-27(36)26(17-24)30(37)34-14-10-23(11-15-34)22-6-4-21(18-31)5-7-22/h4-6,8-9,17,19,22-23,28,30,36-37H,1-3,7,10-16H2,(H2,32,33)/b25-19-. The highest BCUT2D eigenvalue weighted by Crippen LogP contribution is 2.39. The third-order valence-corrected chi connectivity index (χ3v) is 8.24. The first-order valence-electron chi connectivity index (χ1n) is 13.6. The Bertz CT molecular complexity index is 1210. The molecular formula is C30H37N5O3. The molecule has 0 bridgehead atoms. The highest BCUT2D eigenvalue weighted by atomic mass is 16.7. The average molecular weight is 516 g/mol. The normalized spacial score (nSPS) is 27.2. The Kier molecular flexibility index (Phi) is 7.98. The van der Waals surface area contributed by atoms with E-state index in [0.29, 0.717) is 29.7 Å². The van der Waals surface area contributed by atoms with Crippen molar-refractivity contribution in [3.05, 3.63) is 77.1 Å². The van der Waals surface area contributed by atoms with E-state index in [0.717, 1.165) is 80.6 Å². The van der Waals surface area contributed by atoms with Gasteiger partial charge in [0.2, 0.25) is 0 Å². The lowest BCUT2D eigenvalue weighted by Gasteiger charge is -2.38. The number of nitrogens with two attached hydrogens (primary N) is 1. The van der Waals surface area contributed by atoms with Gasteiger partial charge in [0.05, 0.1) is 12.1 Å². The molecule has 0 amide bonds. The largest absolute Gasteiger partial charge is 0.508 e. The van der Waals surface area contributed by atoms with E-state index in [1.807, 2.05) is 34.2 Å². The molecule has 1 aliphatic carbocycles. The van der Waals surface area contributed by atoms with Crippen molar-refractivity contribution in [1.29, 1.82) is 5.26 Å². The summed E-state index contributed by atoms with van der Waals surface area (Å²) in [5.41, 5.74) is 10.0. The number of amidine groups is 1. The molecule has 2 fully saturated rings. The maximum atomic E-state index is 11.2. The van der Waals surface area contributed by atoms with Crippen LogP contribution < -0.4 is 5.73 Å². The molecule has 2 saturated heterocycles. The van der Waals surface area contributed by atoms with E-state index in [-0.39, 0.29) is 11.8 Å². The maximum absolute atomic E-state index is 11.2. The third-order valence-electron chi connectivity index (χ3n) is 8.24. The fourth-order valence-electron chi connectivity index (χ4n) is 5.90. The first-order valence-corrected chi connectivity index (χ1v) is 13.6. The molecule has 3 unspecified atom stereocenters. The Hall–Kier alpha value is -3.38. The molecule has 0 radical (unpaired) electrons. The van der Waals surface area contributed by atoms with Crippen LogP contribution in [0.5, 0.6) is 5.75 Å². The Morgan fingerprint density at radius 1 is 1.21 bits per heavy atom. The van der Waals surface area contributed by atoms with E-state index >= 15 is 0 Å². The molecule has 8 nitrogen and oxygen atoms in total. The molecular weight excluding hydrogens is 478 g/mol. The van der Waals surface area contributed by atoms with E-state index in [9.17, 15) is 10.2 Å². The molecule has 4 N–H and O–H groups in total. The minimum atomic E-state index is -0.912. The van der Waals surface area contributed by atoms with Gasteiger partial charge in [-0.05, 0) is 73.3 Å².